The quantitative estimate of drug-likeness (QED) is 0.685. The van der Waals surface area contributed by atoms with Crippen LogP contribution in [0, 0.1) is 16.0 Å². The number of hydrogen-bond acceptors (Lipinski definition) is 4. The molecular formula is C12H14Cl2N2O3. The highest BCUT2D eigenvalue weighted by Crippen LogP contribution is 2.37. The summed E-state index contributed by atoms with van der Waals surface area (Å²) < 4.78 is 5.62. The van der Waals surface area contributed by atoms with Crippen LogP contribution in [0.2, 0.25) is 10.0 Å². The Hall–Kier alpha value is -1.04. The van der Waals surface area contributed by atoms with Gasteiger partial charge in [-0.3, -0.25) is 10.1 Å². The number of non-ortho nitro benzene ring substituents is 1. The van der Waals surface area contributed by atoms with Crippen LogP contribution in [0.25, 0.3) is 0 Å². The first-order valence-electron chi connectivity index (χ1n) is 6.05. The average molecular weight is 305 g/mol. The first kappa shape index (κ1) is 14.4. The van der Waals surface area contributed by atoms with Gasteiger partial charge in [-0.15, -0.1) is 0 Å². The average Bonchev–Trinajstić information content (AvgIpc) is 2.38. The predicted octanol–water partition coefficient (Wildman–Crippen LogP) is 3.28. The van der Waals surface area contributed by atoms with Crippen LogP contribution in [-0.4, -0.2) is 24.6 Å². The summed E-state index contributed by atoms with van der Waals surface area (Å²) in [6.07, 6.45) is 2.21. The highest BCUT2D eigenvalue weighted by atomic mass is 35.5. The molecule has 0 amide bonds. The minimum Gasteiger partial charge on any atom is -0.490 e. The van der Waals surface area contributed by atoms with Crippen LogP contribution in [0.1, 0.15) is 12.8 Å². The van der Waals surface area contributed by atoms with Gasteiger partial charge in [-0.25, -0.2) is 0 Å². The van der Waals surface area contributed by atoms with Crippen LogP contribution in [-0.2, 0) is 0 Å². The number of ether oxygens (including phenoxy) is 1. The summed E-state index contributed by atoms with van der Waals surface area (Å²) in [5.74, 6) is 0.732. The maximum absolute atomic E-state index is 10.7. The van der Waals surface area contributed by atoms with Crippen LogP contribution in [0.3, 0.4) is 0 Å². The third-order valence-electron chi connectivity index (χ3n) is 3.06. The fraction of sp³-hybridized carbons (Fsp3) is 0.500. The molecule has 1 aromatic carbocycles. The smallest absolute Gasteiger partial charge is 0.272 e. The van der Waals surface area contributed by atoms with Crippen molar-refractivity contribution in [3.8, 4) is 5.75 Å². The van der Waals surface area contributed by atoms with Crippen molar-refractivity contribution in [2.75, 3.05) is 19.7 Å². The highest BCUT2D eigenvalue weighted by Gasteiger charge is 2.18. The first-order valence-corrected chi connectivity index (χ1v) is 6.80. The Morgan fingerprint density at radius 2 is 2.11 bits per heavy atom. The number of hydrogen-bond donors (Lipinski definition) is 1. The molecule has 1 N–H and O–H groups in total. The summed E-state index contributed by atoms with van der Waals surface area (Å²) in [6, 6.07) is 2.50. The summed E-state index contributed by atoms with van der Waals surface area (Å²) in [7, 11) is 0. The molecular weight excluding hydrogens is 291 g/mol. The molecule has 0 bridgehead atoms. The molecule has 19 heavy (non-hydrogen) atoms. The van der Waals surface area contributed by atoms with E-state index in [-0.39, 0.29) is 15.7 Å². The highest BCUT2D eigenvalue weighted by molar-refractivity contribution is 6.37. The number of benzene rings is 1. The van der Waals surface area contributed by atoms with Gasteiger partial charge in [-0.05, 0) is 19.4 Å². The Labute approximate surface area is 121 Å². The molecule has 1 heterocycles. The lowest BCUT2D eigenvalue weighted by atomic mass is 10.0. The van der Waals surface area contributed by atoms with Crippen molar-refractivity contribution in [2.45, 2.75) is 12.8 Å². The summed E-state index contributed by atoms with van der Waals surface area (Å²) >= 11 is 11.9. The maximum Gasteiger partial charge on any atom is 0.272 e. The number of rotatable bonds is 4. The normalized spacial score (nSPS) is 19.2. The van der Waals surface area contributed by atoms with Crippen LogP contribution in [0.15, 0.2) is 12.1 Å². The fourth-order valence-electron chi connectivity index (χ4n) is 2.06. The van der Waals surface area contributed by atoms with Gasteiger partial charge in [-0.2, -0.15) is 0 Å². The number of piperidine rings is 1. The second-order valence-corrected chi connectivity index (χ2v) is 5.33. The summed E-state index contributed by atoms with van der Waals surface area (Å²) in [5.41, 5.74) is -0.137. The van der Waals surface area contributed by atoms with Crippen molar-refractivity contribution in [1.29, 1.82) is 0 Å². The van der Waals surface area contributed by atoms with E-state index in [4.69, 9.17) is 27.9 Å². The molecule has 1 aromatic rings. The molecule has 2 rings (SSSR count). The lowest BCUT2D eigenvalue weighted by molar-refractivity contribution is -0.384. The second-order valence-electron chi connectivity index (χ2n) is 4.52. The molecule has 104 valence electrons. The van der Waals surface area contributed by atoms with Crippen molar-refractivity contribution in [3.63, 3.8) is 0 Å². The molecule has 1 atom stereocenters. The number of nitrogens with one attached hydrogen (secondary N) is 1. The molecule has 0 radical (unpaired) electrons. The summed E-state index contributed by atoms with van der Waals surface area (Å²) in [5, 5.41) is 14.3. The third-order valence-corrected chi connectivity index (χ3v) is 3.62. The summed E-state index contributed by atoms with van der Waals surface area (Å²) in [6.45, 7) is 2.45. The minimum atomic E-state index is -0.535. The van der Waals surface area contributed by atoms with E-state index in [1.165, 1.54) is 12.1 Å². The van der Waals surface area contributed by atoms with Gasteiger partial charge in [-0.1, -0.05) is 23.2 Å². The number of nitro groups is 1. The van der Waals surface area contributed by atoms with Crippen molar-refractivity contribution in [3.05, 3.63) is 32.3 Å². The van der Waals surface area contributed by atoms with Gasteiger partial charge in [0.2, 0.25) is 0 Å². The van der Waals surface area contributed by atoms with Crippen molar-refractivity contribution in [1.82, 2.24) is 5.32 Å². The number of nitro benzene ring substituents is 1. The van der Waals surface area contributed by atoms with Crippen molar-refractivity contribution in [2.24, 2.45) is 5.92 Å². The predicted molar refractivity (Wildman–Crippen MR) is 74.2 cm³/mol. The molecule has 1 saturated heterocycles. The maximum atomic E-state index is 10.7. The third kappa shape index (κ3) is 3.72. The monoisotopic (exact) mass is 304 g/mol. The van der Waals surface area contributed by atoms with E-state index in [1.807, 2.05) is 0 Å². The molecule has 0 aliphatic carbocycles. The minimum absolute atomic E-state index is 0.137. The van der Waals surface area contributed by atoms with E-state index in [9.17, 15) is 10.1 Å². The Morgan fingerprint density at radius 1 is 1.42 bits per heavy atom. The molecule has 1 aliphatic heterocycles. The molecule has 1 aliphatic rings. The SMILES string of the molecule is O=[N+]([O-])c1cc(Cl)c(OCC2CCCNC2)c(Cl)c1. The standard InChI is InChI=1S/C12H14Cl2N2O3/c13-10-4-9(16(17)18)5-11(14)12(10)19-7-8-2-1-3-15-6-8/h4-5,8,15H,1-3,6-7H2. The van der Waals surface area contributed by atoms with Crippen molar-refractivity contribution >= 4 is 28.9 Å². The molecule has 1 unspecified atom stereocenters. The van der Waals surface area contributed by atoms with E-state index in [1.54, 1.807) is 0 Å². The van der Waals surface area contributed by atoms with Crippen LogP contribution >= 0.6 is 23.2 Å². The van der Waals surface area contributed by atoms with E-state index >= 15 is 0 Å². The topological polar surface area (TPSA) is 64.4 Å². The number of halogens is 2. The van der Waals surface area contributed by atoms with Gasteiger partial charge >= 0.3 is 0 Å². The van der Waals surface area contributed by atoms with Gasteiger partial charge in [0, 0.05) is 24.6 Å². The lowest BCUT2D eigenvalue weighted by Gasteiger charge is -2.23. The van der Waals surface area contributed by atoms with E-state index in [2.05, 4.69) is 5.32 Å². The van der Waals surface area contributed by atoms with Gasteiger partial charge in [0.15, 0.2) is 5.75 Å². The van der Waals surface area contributed by atoms with Crippen LogP contribution < -0.4 is 10.1 Å². The van der Waals surface area contributed by atoms with Crippen LogP contribution in [0.5, 0.6) is 5.75 Å². The van der Waals surface area contributed by atoms with E-state index in [0.29, 0.717) is 18.3 Å². The second kappa shape index (κ2) is 6.41. The molecule has 0 spiro atoms. The first-order chi connectivity index (χ1) is 9.08. The van der Waals surface area contributed by atoms with Gasteiger partial charge in [0.25, 0.3) is 5.69 Å². The molecule has 1 fully saturated rings. The molecule has 5 nitrogen and oxygen atoms in total. The zero-order valence-corrected chi connectivity index (χ0v) is 11.7. The molecule has 0 aromatic heterocycles. The van der Waals surface area contributed by atoms with E-state index in [0.717, 1.165) is 25.9 Å². The zero-order valence-electron chi connectivity index (χ0n) is 10.2. The van der Waals surface area contributed by atoms with Crippen molar-refractivity contribution < 1.29 is 9.66 Å². The Balaban J connectivity index is 2.05. The van der Waals surface area contributed by atoms with Gasteiger partial charge < -0.3 is 10.1 Å². The number of nitrogens with zero attached hydrogens (tertiary/aromatic N) is 1. The van der Waals surface area contributed by atoms with Gasteiger partial charge in [0.05, 0.1) is 21.6 Å². The van der Waals surface area contributed by atoms with Gasteiger partial charge in [0.1, 0.15) is 0 Å². The zero-order chi connectivity index (χ0) is 13.8. The van der Waals surface area contributed by atoms with E-state index < -0.39 is 4.92 Å². The summed E-state index contributed by atoms with van der Waals surface area (Å²) in [4.78, 5) is 10.1. The molecule has 0 saturated carbocycles. The lowest BCUT2D eigenvalue weighted by Crippen LogP contribution is -2.33. The largest absolute Gasteiger partial charge is 0.490 e. The molecule has 7 heteroatoms. The Kier molecular flexibility index (Phi) is 4.85. The fourth-order valence-corrected chi connectivity index (χ4v) is 2.64. The van der Waals surface area contributed by atoms with Crippen LogP contribution in [0.4, 0.5) is 5.69 Å². The Bertz CT molecular complexity index is 453. The Morgan fingerprint density at radius 3 is 2.63 bits per heavy atom.